The summed E-state index contributed by atoms with van der Waals surface area (Å²) in [5.41, 5.74) is 1.49. The molecule has 4 rings (SSSR count). The minimum absolute atomic E-state index is 0.119. The van der Waals surface area contributed by atoms with Crippen molar-refractivity contribution >= 4 is 28.4 Å². The standard InChI is InChI=1S/C29H30ClN3O3/c1-3-4-18-32(27(34)20-36-24-16-14-23(30)15-17-24)21(2)28-31-26-13-9-8-12-25(26)29(35)33(28)19-22-10-6-5-7-11-22/h5-17,21H,3-4,18-20H2,1-2H3. The molecule has 0 spiro atoms. The molecular formula is C29H30ClN3O3. The van der Waals surface area contributed by atoms with Gasteiger partial charge >= 0.3 is 0 Å². The second-order valence-corrected chi connectivity index (χ2v) is 9.16. The van der Waals surface area contributed by atoms with Gasteiger partial charge in [-0.1, -0.05) is 67.4 Å². The topological polar surface area (TPSA) is 64.4 Å². The first-order chi connectivity index (χ1) is 17.5. The summed E-state index contributed by atoms with van der Waals surface area (Å²) in [6.07, 6.45) is 1.75. The Morgan fingerprint density at radius 1 is 1.03 bits per heavy atom. The normalized spacial score (nSPS) is 11.9. The molecule has 6 nitrogen and oxygen atoms in total. The van der Waals surface area contributed by atoms with Gasteiger partial charge in [-0.25, -0.2) is 4.98 Å². The van der Waals surface area contributed by atoms with E-state index in [-0.39, 0.29) is 18.1 Å². The largest absolute Gasteiger partial charge is 0.484 e. The molecule has 36 heavy (non-hydrogen) atoms. The Balaban J connectivity index is 1.69. The summed E-state index contributed by atoms with van der Waals surface area (Å²) in [6, 6.07) is 23.6. The second kappa shape index (κ2) is 11.9. The lowest BCUT2D eigenvalue weighted by Crippen LogP contribution is -2.40. The van der Waals surface area contributed by atoms with Crippen molar-refractivity contribution < 1.29 is 9.53 Å². The fourth-order valence-electron chi connectivity index (χ4n) is 4.18. The van der Waals surface area contributed by atoms with Crippen LogP contribution in [0.25, 0.3) is 10.9 Å². The number of rotatable bonds is 10. The Labute approximate surface area is 216 Å². The number of hydrogen-bond acceptors (Lipinski definition) is 4. The zero-order valence-corrected chi connectivity index (χ0v) is 21.3. The number of carbonyl (C=O) groups excluding carboxylic acids is 1. The molecule has 0 saturated carbocycles. The Morgan fingerprint density at radius 2 is 1.72 bits per heavy atom. The minimum atomic E-state index is -0.432. The highest BCUT2D eigenvalue weighted by Gasteiger charge is 2.26. The quantitative estimate of drug-likeness (QED) is 0.271. The Kier molecular flexibility index (Phi) is 8.39. The molecule has 3 aromatic carbocycles. The first kappa shape index (κ1) is 25.5. The first-order valence-electron chi connectivity index (χ1n) is 12.2. The number of aromatic nitrogens is 2. The van der Waals surface area contributed by atoms with Crippen molar-refractivity contribution in [2.75, 3.05) is 13.2 Å². The van der Waals surface area contributed by atoms with Crippen molar-refractivity contribution in [1.82, 2.24) is 14.5 Å². The Bertz CT molecular complexity index is 1370. The predicted molar refractivity (Wildman–Crippen MR) is 144 cm³/mol. The number of fused-ring (bicyclic) bond motifs is 1. The van der Waals surface area contributed by atoms with Gasteiger partial charge in [-0.15, -0.1) is 0 Å². The highest BCUT2D eigenvalue weighted by Crippen LogP contribution is 2.23. The van der Waals surface area contributed by atoms with Crippen LogP contribution in [0.15, 0.2) is 83.7 Å². The third-order valence-corrected chi connectivity index (χ3v) is 6.42. The van der Waals surface area contributed by atoms with Crippen molar-refractivity contribution in [2.24, 2.45) is 0 Å². The fraction of sp³-hybridized carbons (Fsp3) is 0.276. The zero-order valence-electron chi connectivity index (χ0n) is 20.6. The number of ether oxygens (including phenoxy) is 1. The van der Waals surface area contributed by atoms with Gasteiger partial charge in [0.2, 0.25) is 0 Å². The molecule has 1 amide bonds. The number of para-hydroxylation sites is 1. The molecule has 0 aliphatic carbocycles. The molecule has 1 unspecified atom stereocenters. The summed E-state index contributed by atoms with van der Waals surface area (Å²) >= 11 is 5.95. The number of carbonyl (C=O) groups is 1. The van der Waals surface area contributed by atoms with Crippen molar-refractivity contribution in [3.63, 3.8) is 0 Å². The van der Waals surface area contributed by atoms with Crippen LogP contribution in [-0.4, -0.2) is 33.5 Å². The first-order valence-corrected chi connectivity index (χ1v) is 12.6. The maximum Gasteiger partial charge on any atom is 0.261 e. The Hall–Kier alpha value is -3.64. The van der Waals surface area contributed by atoms with Gasteiger partial charge < -0.3 is 9.64 Å². The van der Waals surface area contributed by atoms with E-state index in [9.17, 15) is 9.59 Å². The zero-order chi connectivity index (χ0) is 25.5. The summed E-state index contributed by atoms with van der Waals surface area (Å²) in [5, 5.41) is 1.16. The van der Waals surface area contributed by atoms with Crippen LogP contribution in [0.5, 0.6) is 5.75 Å². The number of hydrogen-bond donors (Lipinski definition) is 0. The molecule has 1 atom stereocenters. The van der Waals surface area contributed by atoms with E-state index >= 15 is 0 Å². The van der Waals surface area contributed by atoms with Crippen LogP contribution in [-0.2, 0) is 11.3 Å². The van der Waals surface area contributed by atoms with Crippen LogP contribution in [0.1, 0.15) is 44.1 Å². The molecule has 186 valence electrons. The lowest BCUT2D eigenvalue weighted by molar-refractivity contribution is -0.135. The van der Waals surface area contributed by atoms with Crippen LogP contribution < -0.4 is 10.3 Å². The van der Waals surface area contributed by atoms with E-state index in [2.05, 4.69) is 6.92 Å². The van der Waals surface area contributed by atoms with Gasteiger partial charge in [-0.2, -0.15) is 0 Å². The Morgan fingerprint density at radius 3 is 2.44 bits per heavy atom. The highest BCUT2D eigenvalue weighted by molar-refractivity contribution is 6.30. The molecule has 0 fully saturated rings. The molecule has 0 bridgehead atoms. The monoisotopic (exact) mass is 503 g/mol. The maximum absolute atomic E-state index is 13.6. The average Bonchev–Trinajstić information content (AvgIpc) is 2.90. The van der Waals surface area contributed by atoms with Gasteiger partial charge in [0, 0.05) is 11.6 Å². The van der Waals surface area contributed by atoms with E-state index in [1.165, 1.54) is 0 Å². The summed E-state index contributed by atoms with van der Waals surface area (Å²) in [4.78, 5) is 33.6. The van der Waals surface area contributed by atoms with Crippen LogP contribution in [0.3, 0.4) is 0 Å². The van der Waals surface area contributed by atoms with Crippen molar-refractivity contribution in [3.8, 4) is 5.75 Å². The van der Waals surface area contributed by atoms with Crippen LogP contribution in [0.4, 0.5) is 0 Å². The van der Waals surface area contributed by atoms with Gasteiger partial charge in [0.15, 0.2) is 6.61 Å². The van der Waals surface area contributed by atoms with Crippen molar-refractivity contribution in [1.29, 1.82) is 0 Å². The summed E-state index contributed by atoms with van der Waals surface area (Å²) in [7, 11) is 0. The molecule has 1 aromatic heterocycles. The summed E-state index contributed by atoms with van der Waals surface area (Å²) in [6.45, 7) is 4.79. The third kappa shape index (κ3) is 5.94. The van der Waals surface area contributed by atoms with Crippen molar-refractivity contribution in [3.05, 3.63) is 106 Å². The summed E-state index contributed by atoms with van der Waals surface area (Å²) < 4.78 is 7.44. The molecule has 0 radical (unpaired) electrons. The van der Waals surface area contributed by atoms with Crippen LogP contribution in [0.2, 0.25) is 5.02 Å². The lowest BCUT2D eigenvalue weighted by atomic mass is 10.1. The van der Waals surface area contributed by atoms with Gasteiger partial charge in [0.05, 0.1) is 23.5 Å². The molecule has 7 heteroatoms. The molecule has 0 saturated heterocycles. The van der Waals surface area contributed by atoms with Gasteiger partial charge in [-0.3, -0.25) is 14.2 Å². The van der Waals surface area contributed by atoms with Gasteiger partial charge in [0.25, 0.3) is 11.5 Å². The summed E-state index contributed by atoms with van der Waals surface area (Å²) in [5.74, 6) is 0.957. The van der Waals surface area contributed by atoms with E-state index in [0.717, 1.165) is 18.4 Å². The van der Waals surface area contributed by atoms with Crippen LogP contribution >= 0.6 is 11.6 Å². The maximum atomic E-state index is 13.6. The molecule has 0 aliphatic rings. The van der Waals surface area contributed by atoms with Crippen LogP contribution in [0, 0.1) is 0 Å². The molecule has 0 aliphatic heterocycles. The molecule has 1 heterocycles. The number of nitrogens with zero attached hydrogens (tertiary/aromatic N) is 3. The molecular weight excluding hydrogens is 474 g/mol. The van der Waals surface area contributed by atoms with E-state index < -0.39 is 6.04 Å². The van der Waals surface area contributed by atoms with Gasteiger partial charge in [-0.05, 0) is 55.3 Å². The number of unbranched alkanes of at least 4 members (excludes halogenated alkanes) is 1. The SMILES string of the molecule is CCCCN(C(=O)COc1ccc(Cl)cc1)C(C)c1nc2ccccc2c(=O)n1Cc1ccccc1. The smallest absolute Gasteiger partial charge is 0.261 e. The predicted octanol–water partition coefficient (Wildman–Crippen LogP) is 5.87. The minimum Gasteiger partial charge on any atom is -0.484 e. The highest BCUT2D eigenvalue weighted by atomic mass is 35.5. The molecule has 4 aromatic rings. The van der Waals surface area contributed by atoms with E-state index in [1.54, 1.807) is 39.8 Å². The van der Waals surface area contributed by atoms with E-state index in [4.69, 9.17) is 21.3 Å². The lowest BCUT2D eigenvalue weighted by Gasteiger charge is -2.30. The fourth-order valence-corrected chi connectivity index (χ4v) is 4.31. The van der Waals surface area contributed by atoms with E-state index in [0.29, 0.717) is 40.6 Å². The second-order valence-electron chi connectivity index (χ2n) is 8.72. The number of benzene rings is 3. The van der Waals surface area contributed by atoms with E-state index in [1.807, 2.05) is 55.5 Å². The van der Waals surface area contributed by atoms with Crippen molar-refractivity contribution in [2.45, 2.75) is 39.3 Å². The third-order valence-electron chi connectivity index (χ3n) is 6.16. The number of halogens is 1. The van der Waals surface area contributed by atoms with Gasteiger partial charge in [0.1, 0.15) is 11.6 Å². The molecule has 0 N–H and O–H groups in total. The number of amides is 1. The average molecular weight is 504 g/mol.